The van der Waals surface area contributed by atoms with Gasteiger partial charge >= 0.3 is 0 Å². The standard InChI is InChI=1S/C15H21NOS/c1-10-6-7-11(17-10)14(16-5)12-8-9-13(18-12)15(2,3)4/h6-9,14,16H,1-5H3. The first-order valence-corrected chi connectivity index (χ1v) is 7.07. The van der Waals surface area contributed by atoms with Crippen LogP contribution >= 0.6 is 11.3 Å². The average molecular weight is 263 g/mol. The fourth-order valence-electron chi connectivity index (χ4n) is 1.94. The molecule has 1 atom stereocenters. The summed E-state index contributed by atoms with van der Waals surface area (Å²) < 4.78 is 5.73. The van der Waals surface area contributed by atoms with Gasteiger partial charge in [-0.1, -0.05) is 20.8 Å². The Labute approximate surface area is 113 Å². The van der Waals surface area contributed by atoms with E-state index in [0.29, 0.717) is 0 Å². The maximum absolute atomic E-state index is 5.73. The highest BCUT2D eigenvalue weighted by molar-refractivity contribution is 7.12. The molecule has 0 fully saturated rings. The summed E-state index contributed by atoms with van der Waals surface area (Å²) in [5, 5.41) is 3.33. The van der Waals surface area contributed by atoms with Gasteiger partial charge in [0.15, 0.2) is 0 Å². The van der Waals surface area contributed by atoms with E-state index >= 15 is 0 Å². The summed E-state index contributed by atoms with van der Waals surface area (Å²) >= 11 is 1.85. The largest absolute Gasteiger partial charge is 0.464 e. The fourth-order valence-corrected chi connectivity index (χ4v) is 3.13. The van der Waals surface area contributed by atoms with Crippen molar-refractivity contribution in [3.63, 3.8) is 0 Å². The molecule has 98 valence electrons. The summed E-state index contributed by atoms with van der Waals surface area (Å²) in [5.41, 5.74) is 0.209. The molecule has 1 N–H and O–H groups in total. The Morgan fingerprint density at radius 2 is 1.89 bits per heavy atom. The van der Waals surface area contributed by atoms with E-state index in [1.54, 1.807) is 0 Å². The lowest BCUT2D eigenvalue weighted by molar-refractivity contribution is 0.446. The molecule has 0 amide bonds. The normalized spacial score (nSPS) is 13.8. The van der Waals surface area contributed by atoms with Gasteiger partial charge in [0.25, 0.3) is 0 Å². The number of rotatable bonds is 3. The molecular weight excluding hydrogens is 242 g/mol. The van der Waals surface area contributed by atoms with E-state index in [0.717, 1.165) is 11.5 Å². The Morgan fingerprint density at radius 1 is 1.17 bits per heavy atom. The molecule has 1 unspecified atom stereocenters. The number of furan rings is 1. The van der Waals surface area contributed by atoms with Crippen LogP contribution in [0.4, 0.5) is 0 Å². The van der Waals surface area contributed by atoms with E-state index < -0.39 is 0 Å². The monoisotopic (exact) mass is 263 g/mol. The number of hydrogen-bond acceptors (Lipinski definition) is 3. The van der Waals surface area contributed by atoms with Crippen LogP contribution in [0.3, 0.4) is 0 Å². The topological polar surface area (TPSA) is 25.2 Å². The number of aryl methyl sites for hydroxylation is 1. The average Bonchev–Trinajstić information content (AvgIpc) is 2.88. The third-order valence-electron chi connectivity index (χ3n) is 2.98. The van der Waals surface area contributed by atoms with Crippen LogP contribution in [-0.2, 0) is 5.41 Å². The van der Waals surface area contributed by atoms with E-state index in [9.17, 15) is 0 Å². The molecule has 0 aliphatic rings. The minimum atomic E-state index is 0.153. The molecule has 0 saturated heterocycles. The lowest BCUT2D eigenvalue weighted by Gasteiger charge is -2.16. The highest BCUT2D eigenvalue weighted by Gasteiger charge is 2.21. The van der Waals surface area contributed by atoms with Crippen LogP contribution in [0.25, 0.3) is 0 Å². The van der Waals surface area contributed by atoms with Crippen molar-refractivity contribution >= 4 is 11.3 Å². The summed E-state index contributed by atoms with van der Waals surface area (Å²) in [7, 11) is 1.97. The van der Waals surface area contributed by atoms with Crippen LogP contribution in [0.1, 0.15) is 48.1 Å². The Hall–Kier alpha value is -1.06. The van der Waals surface area contributed by atoms with Gasteiger partial charge in [-0.3, -0.25) is 0 Å². The summed E-state index contributed by atoms with van der Waals surface area (Å²) in [6.07, 6.45) is 0. The summed E-state index contributed by atoms with van der Waals surface area (Å²) in [4.78, 5) is 2.71. The van der Waals surface area contributed by atoms with Crippen LogP contribution < -0.4 is 5.32 Å². The zero-order valence-electron chi connectivity index (χ0n) is 11.7. The highest BCUT2D eigenvalue weighted by Crippen LogP contribution is 2.34. The second-order valence-electron chi connectivity index (χ2n) is 5.62. The molecule has 2 rings (SSSR count). The minimum Gasteiger partial charge on any atom is -0.464 e. The van der Waals surface area contributed by atoms with E-state index in [1.165, 1.54) is 9.75 Å². The molecule has 0 bridgehead atoms. The predicted octanol–water partition coefficient (Wildman–Crippen LogP) is 4.26. The molecule has 2 aromatic heterocycles. The van der Waals surface area contributed by atoms with Crippen LogP contribution in [0.15, 0.2) is 28.7 Å². The first-order chi connectivity index (χ1) is 8.41. The van der Waals surface area contributed by atoms with Gasteiger partial charge in [-0.05, 0) is 43.7 Å². The van der Waals surface area contributed by atoms with Crippen molar-refractivity contribution in [1.29, 1.82) is 0 Å². The van der Waals surface area contributed by atoms with Crippen LogP contribution in [0.2, 0.25) is 0 Å². The maximum Gasteiger partial charge on any atom is 0.126 e. The first-order valence-electron chi connectivity index (χ1n) is 6.25. The predicted molar refractivity (Wildman–Crippen MR) is 77.4 cm³/mol. The molecule has 2 nitrogen and oxygen atoms in total. The van der Waals surface area contributed by atoms with Crippen molar-refractivity contribution in [2.75, 3.05) is 7.05 Å². The molecule has 0 aromatic carbocycles. The highest BCUT2D eigenvalue weighted by atomic mass is 32.1. The van der Waals surface area contributed by atoms with Gasteiger partial charge in [-0.2, -0.15) is 0 Å². The Bertz CT molecular complexity index is 519. The van der Waals surface area contributed by atoms with Crippen LogP contribution in [0.5, 0.6) is 0 Å². The third kappa shape index (κ3) is 2.68. The molecule has 0 aliphatic carbocycles. The fraction of sp³-hybridized carbons (Fsp3) is 0.467. The molecule has 0 aliphatic heterocycles. The van der Waals surface area contributed by atoms with E-state index in [-0.39, 0.29) is 11.5 Å². The van der Waals surface area contributed by atoms with Gasteiger partial charge < -0.3 is 9.73 Å². The number of thiophene rings is 1. The number of nitrogens with one attached hydrogen (secondary N) is 1. The van der Waals surface area contributed by atoms with Crippen molar-refractivity contribution in [3.05, 3.63) is 45.5 Å². The van der Waals surface area contributed by atoms with Gasteiger partial charge in [0, 0.05) is 9.75 Å². The summed E-state index contributed by atoms with van der Waals surface area (Å²) in [6, 6.07) is 8.63. The molecule has 0 radical (unpaired) electrons. The SMILES string of the molecule is CNC(c1ccc(C)o1)c1ccc(C(C)(C)C)s1. The van der Waals surface area contributed by atoms with Crippen molar-refractivity contribution in [2.24, 2.45) is 0 Å². The lowest BCUT2D eigenvalue weighted by atomic mass is 9.95. The zero-order valence-corrected chi connectivity index (χ0v) is 12.5. The van der Waals surface area contributed by atoms with Crippen LogP contribution in [-0.4, -0.2) is 7.05 Å². The van der Waals surface area contributed by atoms with Gasteiger partial charge in [-0.15, -0.1) is 11.3 Å². The first kappa shape index (κ1) is 13.4. The van der Waals surface area contributed by atoms with Crippen molar-refractivity contribution < 1.29 is 4.42 Å². The third-order valence-corrected chi connectivity index (χ3v) is 4.56. The second kappa shape index (κ2) is 4.90. The smallest absolute Gasteiger partial charge is 0.126 e. The maximum atomic E-state index is 5.73. The molecule has 0 saturated carbocycles. The summed E-state index contributed by atoms with van der Waals surface area (Å²) in [5.74, 6) is 1.94. The van der Waals surface area contributed by atoms with E-state index in [4.69, 9.17) is 4.42 Å². The number of hydrogen-bond donors (Lipinski definition) is 1. The van der Waals surface area contributed by atoms with Gasteiger partial charge in [0.2, 0.25) is 0 Å². The van der Waals surface area contributed by atoms with E-state index in [2.05, 4.69) is 38.2 Å². The molecule has 3 heteroatoms. The Morgan fingerprint density at radius 3 is 2.33 bits per heavy atom. The molecule has 2 heterocycles. The minimum absolute atomic E-state index is 0.153. The van der Waals surface area contributed by atoms with Gasteiger partial charge in [-0.25, -0.2) is 0 Å². The molecule has 0 spiro atoms. The van der Waals surface area contributed by atoms with Gasteiger partial charge in [0.1, 0.15) is 17.6 Å². The molecular formula is C15H21NOS. The van der Waals surface area contributed by atoms with Crippen molar-refractivity contribution in [1.82, 2.24) is 5.32 Å². The lowest BCUT2D eigenvalue weighted by Crippen LogP contribution is -2.15. The van der Waals surface area contributed by atoms with Crippen LogP contribution in [0, 0.1) is 6.92 Å². The second-order valence-corrected chi connectivity index (χ2v) is 6.74. The zero-order chi connectivity index (χ0) is 13.3. The van der Waals surface area contributed by atoms with E-state index in [1.807, 2.05) is 37.4 Å². The Kier molecular flexibility index (Phi) is 3.64. The summed E-state index contributed by atoms with van der Waals surface area (Å²) in [6.45, 7) is 8.71. The van der Waals surface area contributed by atoms with Crippen molar-refractivity contribution in [3.8, 4) is 0 Å². The Balaban J connectivity index is 2.31. The van der Waals surface area contributed by atoms with Gasteiger partial charge in [0.05, 0.1) is 0 Å². The molecule has 2 aromatic rings. The molecule has 18 heavy (non-hydrogen) atoms. The van der Waals surface area contributed by atoms with Crippen molar-refractivity contribution in [2.45, 2.75) is 39.2 Å². The quantitative estimate of drug-likeness (QED) is 0.895.